The van der Waals surface area contributed by atoms with Gasteiger partial charge < -0.3 is 4.43 Å². The molecule has 0 aromatic rings. The predicted octanol–water partition coefficient (Wildman–Crippen LogP) is 3.91. The van der Waals surface area contributed by atoms with E-state index in [4.69, 9.17) is 15.5 Å². The van der Waals surface area contributed by atoms with Crippen molar-refractivity contribution in [2.75, 3.05) is 6.61 Å². The van der Waals surface area contributed by atoms with Gasteiger partial charge in [-0.25, -0.2) is 0 Å². The summed E-state index contributed by atoms with van der Waals surface area (Å²) in [6, 6.07) is 1.10. The fourth-order valence-corrected chi connectivity index (χ4v) is 3.60. The lowest BCUT2D eigenvalue weighted by Crippen LogP contribution is -2.26. The third-order valence-corrected chi connectivity index (χ3v) is 4.95. The molecule has 0 N–H and O–H groups in total. The van der Waals surface area contributed by atoms with E-state index in [1.54, 1.807) is 0 Å². The Morgan fingerprint density at radius 1 is 1.17 bits per heavy atom. The van der Waals surface area contributed by atoms with Crippen molar-refractivity contribution in [3.63, 3.8) is 0 Å². The van der Waals surface area contributed by atoms with Gasteiger partial charge in [-0.05, 0) is 19.5 Å². The van der Waals surface area contributed by atoms with E-state index in [0.717, 1.165) is 12.7 Å². The minimum Gasteiger partial charge on any atom is -0.403 e. The molecule has 0 spiro atoms. The molecule has 0 bridgehead atoms. The maximum absolute atomic E-state index is 6.23. The first kappa shape index (κ1) is 12.5. The molecule has 0 radical (unpaired) electrons. The van der Waals surface area contributed by atoms with Crippen molar-refractivity contribution in [1.82, 2.24) is 0 Å². The van der Waals surface area contributed by atoms with Gasteiger partial charge in [-0.2, -0.15) is 0 Å². The Morgan fingerprint density at radius 3 is 2.33 bits per heavy atom. The zero-order chi connectivity index (χ0) is 9.45. The van der Waals surface area contributed by atoms with Crippen LogP contribution in [-0.4, -0.2) is 14.2 Å². The van der Waals surface area contributed by atoms with Crippen LogP contribution in [0.15, 0.2) is 0 Å². The average Bonchev–Trinajstić information content (AvgIpc) is 1.98. The summed E-state index contributed by atoms with van der Waals surface area (Å²) in [5, 5.41) is 0. The number of unbranched alkanes of at least 4 members (excludes halogenated alkanes) is 3. The quantitative estimate of drug-likeness (QED) is 0.350. The highest BCUT2D eigenvalue weighted by Gasteiger charge is 2.24. The van der Waals surface area contributed by atoms with Gasteiger partial charge in [-0.15, -0.1) is 11.1 Å². The van der Waals surface area contributed by atoms with Crippen LogP contribution in [0.4, 0.5) is 0 Å². The first-order valence-electron chi connectivity index (χ1n) is 4.95. The molecular formula is C9H21ClOSi. The number of halogens is 1. The van der Waals surface area contributed by atoms with Crippen molar-refractivity contribution in [2.24, 2.45) is 0 Å². The van der Waals surface area contributed by atoms with E-state index < -0.39 is 7.63 Å². The summed E-state index contributed by atoms with van der Waals surface area (Å²) >= 11 is 6.23. The number of rotatable bonds is 7. The second-order valence-electron chi connectivity index (χ2n) is 3.35. The Hall–Kier alpha value is 0.467. The Labute approximate surface area is 82.3 Å². The van der Waals surface area contributed by atoms with E-state index in [2.05, 4.69) is 13.5 Å². The van der Waals surface area contributed by atoms with Crippen LogP contribution in [0.5, 0.6) is 0 Å². The lowest BCUT2D eigenvalue weighted by atomic mass is 10.2. The van der Waals surface area contributed by atoms with E-state index in [-0.39, 0.29) is 0 Å². The molecule has 0 aromatic heterocycles. The molecular weight excluding hydrogens is 188 g/mol. The molecule has 0 fully saturated rings. The monoisotopic (exact) mass is 208 g/mol. The van der Waals surface area contributed by atoms with Crippen LogP contribution < -0.4 is 0 Å². The van der Waals surface area contributed by atoms with Crippen molar-refractivity contribution < 1.29 is 4.43 Å². The second kappa shape index (κ2) is 6.93. The van der Waals surface area contributed by atoms with Gasteiger partial charge in [0.1, 0.15) is 0 Å². The maximum atomic E-state index is 6.23. The van der Waals surface area contributed by atoms with Crippen LogP contribution in [-0.2, 0) is 4.43 Å². The normalized spacial score (nSPS) is 16.0. The van der Waals surface area contributed by atoms with E-state index in [9.17, 15) is 0 Å². The lowest BCUT2D eigenvalue weighted by Gasteiger charge is -2.18. The van der Waals surface area contributed by atoms with E-state index in [1.165, 1.54) is 25.7 Å². The topological polar surface area (TPSA) is 9.23 Å². The molecule has 0 amide bonds. The second-order valence-corrected chi connectivity index (χ2v) is 8.74. The van der Waals surface area contributed by atoms with Crippen molar-refractivity contribution >= 4 is 18.7 Å². The minimum atomic E-state index is -1.78. The standard InChI is InChI=1S/C9H21ClOSi/c1-4-6-7-8-9-12(3,10)11-5-2/h4-9H2,1-3H3. The van der Waals surface area contributed by atoms with E-state index in [0.29, 0.717) is 0 Å². The Kier molecular flexibility index (Phi) is 7.20. The lowest BCUT2D eigenvalue weighted by molar-refractivity contribution is 0.337. The fourth-order valence-electron chi connectivity index (χ4n) is 1.24. The fraction of sp³-hybridized carbons (Fsp3) is 1.00. The smallest absolute Gasteiger partial charge is 0.286 e. The first-order valence-corrected chi connectivity index (χ1v) is 8.58. The Bertz CT molecular complexity index is 107. The summed E-state index contributed by atoms with van der Waals surface area (Å²) in [4.78, 5) is 0. The van der Waals surface area contributed by atoms with Gasteiger partial charge in [0.2, 0.25) is 0 Å². The van der Waals surface area contributed by atoms with Crippen LogP contribution in [0.25, 0.3) is 0 Å². The van der Waals surface area contributed by atoms with Gasteiger partial charge in [0.15, 0.2) is 0 Å². The number of hydrogen-bond donors (Lipinski definition) is 0. The van der Waals surface area contributed by atoms with Gasteiger partial charge in [-0.3, -0.25) is 0 Å². The minimum absolute atomic E-state index is 0.764. The van der Waals surface area contributed by atoms with Crippen LogP contribution in [0, 0.1) is 0 Å². The summed E-state index contributed by atoms with van der Waals surface area (Å²) in [7, 11) is -1.78. The predicted molar refractivity (Wildman–Crippen MR) is 58.0 cm³/mol. The molecule has 0 aromatic carbocycles. The number of hydrogen-bond acceptors (Lipinski definition) is 1. The van der Waals surface area contributed by atoms with Crippen molar-refractivity contribution in [3.8, 4) is 0 Å². The summed E-state index contributed by atoms with van der Waals surface area (Å²) in [5.74, 6) is 0. The van der Waals surface area contributed by atoms with Crippen molar-refractivity contribution in [2.45, 2.75) is 52.1 Å². The average molecular weight is 209 g/mol. The third kappa shape index (κ3) is 7.13. The highest BCUT2D eigenvalue weighted by Crippen LogP contribution is 2.20. The molecule has 0 aliphatic carbocycles. The van der Waals surface area contributed by atoms with E-state index >= 15 is 0 Å². The van der Waals surface area contributed by atoms with Gasteiger partial charge in [0.25, 0.3) is 7.63 Å². The zero-order valence-corrected chi connectivity index (χ0v) is 10.3. The highest BCUT2D eigenvalue weighted by atomic mass is 35.6. The maximum Gasteiger partial charge on any atom is 0.286 e. The molecule has 74 valence electrons. The molecule has 0 rings (SSSR count). The molecule has 1 nitrogen and oxygen atoms in total. The zero-order valence-electron chi connectivity index (χ0n) is 8.53. The highest BCUT2D eigenvalue weighted by molar-refractivity contribution is 7.16. The van der Waals surface area contributed by atoms with E-state index in [1.807, 2.05) is 6.92 Å². The van der Waals surface area contributed by atoms with Gasteiger partial charge in [0.05, 0.1) is 0 Å². The molecule has 0 saturated heterocycles. The van der Waals surface area contributed by atoms with Gasteiger partial charge in [-0.1, -0.05) is 32.6 Å². The third-order valence-electron chi connectivity index (χ3n) is 1.92. The molecule has 0 aliphatic heterocycles. The summed E-state index contributed by atoms with van der Waals surface area (Å²) in [6.45, 7) is 7.09. The van der Waals surface area contributed by atoms with Crippen LogP contribution in [0.3, 0.4) is 0 Å². The summed E-state index contributed by atoms with van der Waals surface area (Å²) in [5.41, 5.74) is 0. The molecule has 1 atom stereocenters. The Morgan fingerprint density at radius 2 is 1.83 bits per heavy atom. The molecule has 0 heterocycles. The van der Waals surface area contributed by atoms with Gasteiger partial charge in [0, 0.05) is 6.61 Å². The van der Waals surface area contributed by atoms with Gasteiger partial charge >= 0.3 is 0 Å². The van der Waals surface area contributed by atoms with Crippen molar-refractivity contribution in [1.29, 1.82) is 0 Å². The summed E-state index contributed by atoms with van der Waals surface area (Å²) in [6.07, 6.45) is 5.15. The molecule has 1 unspecified atom stereocenters. The Balaban J connectivity index is 3.33. The molecule has 12 heavy (non-hydrogen) atoms. The summed E-state index contributed by atoms with van der Waals surface area (Å²) < 4.78 is 5.51. The molecule has 3 heteroatoms. The first-order chi connectivity index (χ1) is 5.62. The van der Waals surface area contributed by atoms with Crippen LogP contribution in [0.1, 0.15) is 39.5 Å². The van der Waals surface area contributed by atoms with Crippen molar-refractivity contribution in [3.05, 3.63) is 0 Å². The van der Waals surface area contributed by atoms with Crippen LogP contribution >= 0.6 is 11.1 Å². The SMILES string of the molecule is CCCCCC[Si](C)(Cl)OCC. The van der Waals surface area contributed by atoms with Crippen LogP contribution in [0.2, 0.25) is 12.6 Å². The molecule has 0 aliphatic rings. The largest absolute Gasteiger partial charge is 0.403 e. The molecule has 0 saturated carbocycles.